The first-order chi connectivity index (χ1) is 11.4. The Balaban J connectivity index is 1.63. The van der Waals surface area contributed by atoms with E-state index in [1.807, 2.05) is 0 Å². The Labute approximate surface area is 146 Å². The molecule has 1 aliphatic carbocycles. The largest absolute Gasteiger partial charge is 0.396 e. The summed E-state index contributed by atoms with van der Waals surface area (Å²) in [6.07, 6.45) is 25.9. The van der Waals surface area contributed by atoms with Crippen LogP contribution >= 0.6 is 0 Å². The molecular weight excluding hydrogens is 280 g/mol. The fraction of sp³-hybridized carbons (Fsp3) is 1.00. The van der Waals surface area contributed by atoms with Crippen LogP contribution < -0.4 is 0 Å². The lowest BCUT2D eigenvalue weighted by molar-refractivity contribution is 0.267. The van der Waals surface area contributed by atoms with Gasteiger partial charge in [-0.05, 0) is 18.3 Å². The van der Waals surface area contributed by atoms with Crippen LogP contribution in [0, 0.1) is 11.8 Å². The van der Waals surface area contributed by atoms with Crippen molar-refractivity contribution in [3.05, 3.63) is 0 Å². The van der Waals surface area contributed by atoms with Crippen LogP contribution in [0.1, 0.15) is 122 Å². The molecule has 0 aromatic rings. The molecule has 0 saturated heterocycles. The summed E-state index contributed by atoms with van der Waals surface area (Å²) >= 11 is 0. The van der Waals surface area contributed by atoms with E-state index in [1.165, 1.54) is 116 Å². The third-order valence-electron chi connectivity index (χ3n) is 5.73. The van der Waals surface area contributed by atoms with Crippen LogP contribution in [-0.2, 0) is 0 Å². The maximum Gasteiger partial charge on any atom is 0.0462 e. The summed E-state index contributed by atoms with van der Waals surface area (Å²) in [5.74, 6) is 1.55. The summed E-state index contributed by atoms with van der Waals surface area (Å²) in [7, 11) is 0. The van der Waals surface area contributed by atoms with Crippen LogP contribution in [0.2, 0.25) is 0 Å². The number of unbranched alkanes of at least 4 members (excludes halogenated alkanes) is 15. The standard InChI is InChI=1S/C22H44O/c1-2-3-4-5-6-7-8-9-10-11-12-13-14-15-16-17-18-21-19-22(21)20-23/h21-23H,2-20H2,1H3/t21-,22-/m0/s1. The summed E-state index contributed by atoms with van der Waals surface area (Å²) in [4.78, 5) is 0. The van der Waals surface area contributed by atoms with Gasteiger partial charge in [0.15, 0.2) is 0 Å². The fourth-order valence-electron chi connectivity index (χ4n) is 3.84. The Morgan fingerprint density at radius 2 is 0.957 bits per heavy atom. The van der Waals surface area contributed by atoms with Crippen LogP contribution in [0.4, 0.5) is 0 Å². The molecule has 1 fully saturated rings. The van der Waals surface area contributed by atoms with Crippen LogP contribution in [0.5, 0.6) is 0 Å². The summed E-state index contributed by atoms with van der Waals surface area (Å²) in [5, 5.41) is 9.01. The predicted molar refractivity (Wildman–Crippen MR) is 103 cm³/mol. The van der Waals surface area contributed by atoms with E-state index in [-0.39, 0.29) is 0 Å². The lowest BCUT2D eigenvalue weighted by Gasteiger charge is -2.03. The van der Waals surface area contributed by atoms with Gasteiger partial charge in [-0.15, -0.1) is 0 Å². The second-order valence-corrected chi connectivity index (χ2v) is 8.03. The molecule has 0 spiro atoms. The molecule has 23 heavy (non-hydrogen) atoms. The summed E-state index contributed by atoms with van der Waals surface area (Å²) in [5.41, 5.74) is 0. The molecule has 1 aliphatic rings. The third-order valence-corrected chi connectivity index (χ3v) is 5.73. The van der Waals surface area contributed by atoms with Gasteiger partial charge in [0, 0.05) is 6.61 Å². The highest BCUT2D eigenvalue weighted by molar-refractivity contribution is 4.85. The Morgan fingerprint density at radius 1 is 0.565 bits per heavy atom. The third kappa shape index (κ3) is 13.0. The van der Waals surface area contributed by atoms with Crippen molar-refractivity contribution in [1.82, 2.24) is 0 Å². The number of hydrogen-bond acceptors (Lipinski definition) is 1. The Morgan fingerprint density at radius 3 is 1.30 bits per heavy atom. The van der Waals surface area contributed by atoms with Gasteiger partial charge in [0.2, 0.25) is 0 Å². The van der Waals surface area contributed by atoms with Crippen molar-refractivity contribution in [2.24, 2.45) is 11.8 Å². The molecule has 0 heterocycles. The van der Waals surface area contributed by atoms with Crippen molar-refractivity contribution in [2.45, 2.75) is 122 Å². The average molecular weight is 325 g/mol. The lowest BCUT2D eigenvalue weighted by Crippen LogP contribution is -1.89. The normalized spacial score (nSPS) is 20.1. The highest BCUT2D eigenvalue weighted by atomic mass is 16.3. The first kappa shape index (κ1) is 21.0. The Hall–Kier alpha value is -0.0400. The fourth-order valence-corrected chi connectivity index (χ4v) is 3.84. The minimum Gasteiger partial charge on any atom is -0.396 e. The zero-order valence-corrected chi connectivity index (χ0v) is 16.0. The summed E-state index contributed by atoms with van der Waals surface area (Å²) in [6, 6.07) is 0. The van der Waals surface area contributed by atoms with Gasteiger partial charge < -0.3 is 5.11 Å². The molecule has 2 atom stereocenters. The van der Waals surface area contributed by atoms with E-state index >= 15 is 0 Å². The molecule has 0 aliphatic heterocycles. The highest BCUT2D eigenvalue weighted by Crippen LogP contribution is 2.41. The Kier molecular flexibility index (Phi) is 14.1. The molecule has 0 aromatic carbocycles. The van der Waals surface area contributed by atoms with Crippen molar-refractivity contribution in [3.8, 4) is 0 Å². The van der Waals surface area contributed by atoms with Gasteiger partial charge in [-0.2, -0.15) is 0 Å². The molecule has 138 valence electrons. The monoisotopic (exact) mass is 324 g/mol. The maximum atomic E-state index is 9.01. The molecule has 1 nitrogen and oxygen atoms in total. The van der Waals surface area contributed by atoms with Crippen LogP contribution in [0.3, 0.4) is 0 Å². The van der Waals surface area contributed by atoms with E-state index in [9.17, 15) is 0 Å². The number of hydrogen-bond donors (Lipinski definition) is 1. The van der Waals surface area contributed by atoms with E-state index in [0.717, 1.165) is 5.92 Å². The number of aliphatic hydroxyl groups is 1. The van der Waals surface area contributed by atoms with Gasteiger partial charge in [0.1, 0.15) is 0 Å². The zero-order chi connectivity index (χ0) is 16.6. The first-order valence-corrected chi connectivity index (χ1v) is 11.0. The van der Waals surface area contributed by atoms with Crippen LogP contribution in [0.15, 0.2) is 0 Å². The molecule has 1 heteroatoms. The number of rotatable bonds is 18. The molecular formula is C22H44O. The van der Waals surface area contributed by atoms with E-state index in [0.29, 0.717) is 12.5 Å². The molecule has 1 rings (SSSR count). The second-order valence-electron chi connectivity index (χ2n) is 8.03. The van der Waals surface area contributed by atoms with Gasteiger partial charge >= 0.3 is 0 Å². The number of aliphatic hydroxyl groups excluding tert-OH is 1. The predicted octanol–water partition coefficient (Wildman–Crippen LogP) is 7.27. The van der Waals surface area contributed by atoms with Crippen molar-refractivity contribution >= 4 is 0 Å². The van der Waals surface area contributed by atoms with Gasteiger partial charge in [-0.1, -0.05) is 116 Å². The first-order valence-electron chi connectivity index (χ1n) is 11.0. The van der Waals surface area contributed by atoms with E-state index in [2.05, 4.69) is 6.92 Å². The molecule has 0 aromatic heterocycles. The van der Waals surface area contributed by atoms with Crippen molar-refractivity contribution in [2.75, 3.05) is 6.61 Å². The van der Waals surface area contributed by atoms with Gasteiger partial charge in [0.05, 0.1) is 0 Å². The van der Waals surface area contributed by atoms with Gasteiger partial charge in [-0.25, -0.2) is 0 Å². The smallest absolute Gasteiger partial charge is 0.0462 e. The van der Waals surface area contributed by atoms with E-state index < -0.39 is 0 Å². The Bertz CT molecular complexity index is 238. The molecule has 0 amide bonds. The maximum absolute atomic E-state index is 9.01. The van der Waals surface area contributed by atoms with E-state index in [4.69, 9.17) is 5.11 Å². The second kappa shape index (κ2) is 15.5. The van der Waals surface area contributed by atoms with Crippen molar-refractivity contribution < 1.29 is 5.11 Å². The molecule has 0 bridgehead atoms. The molecule has 1 saturated carbocycles. The molecule has 0 unspecified atom stereocenters. The van der Waals surface area contributed by atoms with Crippen LogP contribution in [-0.4, -0.2) is 11.7 Å². The minimum absolute atomic E-state index is 0.434. The van der Waals surface area contributed by atoms with Crippen molar-refractivity contribution in [3.63, 3.8) is 0 Å². The molecule has 0 radical (unpaired) electrons. The minimum atomic E-state index is 0.434. The summed E-state index contributed by atoms with van der Waals surface area (Å²) in [6.45, 7) is 2.73. The quantitative estimate of drug-likeness (QED) is 0.263. The van der Waals surface area contributed by atoms with E-state index in [1.54, 1.807) is 0 Å². The van der Waals surface area contributed by atoms with Gasteiger partial charge in [0.25, 0.3) is 0 Å². The average Bonchev–Trinajstić information content (AvgIpc) is 3.33. The highest BCUT2D eigenvalue weighted by Gasteiger charge is 2.34. The zero-order valence-electron chi connectivity index (χ0n) is 16.0. The molecule has 1 N–H and O–H groups in total. The van der Waals surface area contributed by atoms with Crippen molar-refractivity contribution in [1.29, 1.82) is 0 Å². The topological polar surface area (TPSA) is 20.2 Å². The van der Waals surface area contributed by atoms with Gasteiger partial charge in [-0.3, -0.25) is 0 Å². The SMILES string of the molecule is CCCCCCCCCCCCCCCCCC[C@H]1C[C@H]1CO. The lowest BCUT2D eigenvalue weighted by atomic mass is 10.0. The van der Waals surface area contributed by atoms with Crippen LogP contribution in [0.25, 0.3) is 0 Å². The summed E-state index contributed by atoms with van der Waals surface area (Å²) < 4.78 is 0.